The second-order valence-electron chi connectivity index (χ2n) is 4.28. The molecular formula is C15H18FNO3. The Morgan fingerprint density at radius 1 is 1.50 bits per heavy atom. The van der Waals surface area contributed by atoms with Gasteiger partial charge in [-0.1, -0.05) is 12.1 Å². The van der Waals surface area contributed by atoms with Gasteiger partial charge in [0.2, 0.25) is 0 Å². The molecule has 5 heteroatoms. The van der Waals surface area contributed by atoms with Crippen molar-refractivity contribution in [3.63, 3.8) is 0 Å². The second kappa shape index (κ2) is 8.09. The number of hydrogen-bond donors (Lipinski definition) is 1. The van der Waals surface area contributed by atoms with Gasteiger partial charge in [0.15, 0.2) is 0 Å². The van der Waals surface area contributed by atoms with E-state index in [9.17, 15) is 14.0 Å². The maximum absolute atomic E-state index is 13.1. The summed E-state index contributed by atoms with van der Waals surface area (Å²) in [6, 6.07) is 4.55. The van der Waals surface area contributed by atoms with Gasteiger partial charge >= 0.3 is 5.97 Å². The van der Waals surface area contributed by atoms with Gasteiger partial charge in [-0.05, 0) is 37.5 Å². The minimum Gasteiger partial charge on any atom is -0.467 e. The van der Waals surface area contributed by atoms with E-state index >= 15 is 0 Å². The van der Waals surface area contributed by atoms with E-state index in [0.29, 0.717) is 12.8 Å². The molecule has 4 nitrogen and oxygen atoms in total. The van der Waals surface area contributed by atoms with Crippen molar-refractivity contribution in [3.05, 3.63) is 48.3 Å². The van der Waals surface area contributed by atoms with E-state index in [2.05, 4.69) is 16.6 Å². The third-order valence-corrected chi connectivity index (χ3v) is 2.78. The van der Waals surface area contributed by atoms with Gasteiger partial charge in [-0.25, -0.2) is 9.18 Å². The average Bonchev–Trinajstić information content (AvgIpc) is 2.45. The maximum atomic E-state index is 13.1. The lowest BCUT2D eigenvalue weighted by Crippen LogP contribution is -2.41. The summed E-state index contributed by atoms with van der Waals surface area (Å²) in [5, 5.41) is 2.56. The molecule has 0 saturated heterocycles. The smallest absolute Gasteiger partial charge is 0.328 e. The van der Waals surface area contributed by atoms with Crippen LogP contribution < -0.4 is 5.32 Å². The average molecular weight is 279 g/mol. The van der Waals surface area contributed by atoms with Gasteiger partial charge in [-0.2, -0.15) is 0 Å². The molecule has 1 amide bonds. The number of carbonyl (C=O) groups excluding carboxylic acids is 2. The molecule has 0 radical (unpaired) electrons. The van der Waals surface area contributed by atoms with Gasteiger partial charge in [0.1, 0.15) is 11.9 Å². The first kappa shape index (κ1) is 15.9. The molecular weight excluding hydrogens is 261 g/mol. The Hall–Kier alpha value is -2.17. The van der Waals surface area contributed by atoms with E-state index in [1.54, 1.807) is 6.08 Å². The quantitative estimate of drug-likeness (QED) is 0.474. The highest BCUT2D eigenvalue weighted by Gasteiger charge is 2.21. The Bertz CT molecular complexity index is 488. The van der Waals surface area contributed by atoms with Crippen LogP contribution in [0.1, 0.15) is 29.6 Å². The van der Waals surface area contributed by atoms with Crippen molar-refractivity contribution in [2.45, 2.75) is 25.3 Å². The van der Waals surface area contributed by atoms with Crippen molar-refractivity contribution < 1.29 is 18.7 Å². The summed E-state index contributed by atoms with van der Waals surface area (Å²) in [6.07, 6.45) is 3.62. The lowest BCUT2D eigenvalue weighted by molar-refractivity contribution is -0.143. The Balaban J connectivity index is 2.70. The van der Waals surface area contributed by atoms with Crippen LogP contribution in [0.5, 0.6) is 0 Å². The summed E-state index contributed by atoms with van der Waals surface area (Å²) in [6.45, 7) is 3.60. The molecule has 20 heavy (non-hydrogen) atoms. The topological polar surface area (TPSA) is 55.4 Å². The molecule has 0 fully saturated rings. The second-order valence-corrected chi connectivity index (χ2v) is 4.28. The summed E-state index contributed by atoms with van der Waals surface area (Å²) in [4.78, 5) is 23.6. The SMILES string of the molecule is C=CCCC[C@H](NC(=O)c1cccc(F)c1)C(=O)OC. The summed E-state index contributed by atoms with van der Waals surface area (Å²) in [5.74, 6) is -1.52. The third kappa shape index (κ3) is 4.84. The first-order valence-corrected chi connectivity index (χ1v) is 6.33. The molecule has 0 heterocycles. The van der Waals surface area contributed by atoms with Crippen LogP contribution in [0.3, 0.4) is 0 Å². The molecule has 0 aliphatic carbocycles. The Labute approximate surface area is 117 Å². The number of esters is 1. The maximum Gasteiger partial charge on any atom is 0.328 e. The zero-order valence-corrected chi connectivity index (χ0v) is 11.4. The number of benzene rings is 1. The first-order valence-electron chi connectivity index (χ1n) is 6.33. The van der Waals surface area contributed by atoms with Crippen LogP contribution in [0.25, 0.3) is 0 Å². The Morgan fingerprint density at radius 2 is 2.25 bits per heavy atom. The molecule has 0 unspecified atom stereocenters. The summed E-state index contributed by atoms with van der Waals surface area (Å²) < 4.78 is 17.7. The van der Waals surface area contributed by atoms with Crippen molar-refractivity contribution in [3.8, 4) is 0 Å². The van der Waals surface area contributed by atoms with Gasteiger partial charge in [0, 0.05) is 5.56 Å². The predicted molar refractivity (Wildman–Crippen MR) is 73.7 cm³/mol. The van der Waals surface area contributed by atoms with Crippen LogP contribution in [0.2, 0.25) is 0 Å². The van der Waals surface area contributed by atoms with Crippen LogP contribution in [-0.4, -0.2) is 25.0 Å². The molecule has 1 aromatic rings. The van der Waals surface area contributed by atoms with E-state index in [4.69, 9.17) is 0 Å². The third-order valence-electron chi connectivity index (χ3n) is 2.78. The van der Waals surface area contributed by atoms with Crippen molar-refractivity contribution >= 4 is 11.9 Å². The Morgan fingerprint density at radius 3 is 2.85 bits per heavy atom. The van der Waals surface area contributed by atoms with Gasteiger partial charge in [0.25, 0.3) is 5.91 Å². The number of unbranched alkanes of at least 4 members (excludes halogenated alkanes) is 1. The molecule has 0 spiro atoms. The van der Waals surface area contributed by atoms with Crippen LogP contribution in [0.4, 0.5) is 4.39 Å². The van der Waals surface area contributed by atoms with E-state index in [0.717, 1.165) is 12.5 Å². The molecule has 0 saturated carbocycles. The molecule has 1 rings (SSSR count). The number of nitrogens with one attached hydrogen (secondary N) is 1. The highest BCUT2D eigenvalue weighted by atomic mass is 19.1. The molecule has 0 aliphatic heterocycles. The highest BCUT2D eigenvalue weighted by molar-refractivity contribution is 5.96. The summed E-state index contributed by atoms with van der Waals surface area (Å²) in [7, 11) is 1.26. The Kier molecular flexibility index (Phi) is 6.43. The monoisotopic (exact) mass is 279 g/mol. The summed E-state index contributed by atoms with van der Waals surface area (Å²) in [5.41, 5.74) is 0.169. The lowest BCUT2D eigenvalue weighted by atomic mass is 10.1. The molecule has 0 aromatic heterocycles. The van der Waals surface area contributed by atoms with Crippen LogP contribution in [0.15, 0.2) is 36.9 Å². The minimum absolute atomic E-state index is 0.169. The zero-order chi connectivity index (χ0) is 15.0. The molecule has 1 atom stereocenters. The predicted octanol–water partition coefficient (Wildman–Crippen LogP) is 2.45. The van der Waals surface area contributed by atoms with E-state index in [1.807, 2.05) is 0 Å². The summed E-state index contributed by atoms with van der Waals surface area (Å²) >= 11 is 0. The molecule has 0 bridgehead atoms. The van der Waals surface area contributed by atoms with Crippen molar-refractivity contribution in [1.29, 1.82) is 0 Å². The molecule has 108 valence electrons. The minimum atomic E-state index is -0.740. The fourth-order valence-electron chi connectivity index (χ4n) is 1.73. The van der Waals surface area contributed by atoms with E-state index < -0.39 is 23.7 Å². The fourth-order valence-corrected chi connectivity index (χ4v) is 1.73. The van der Waals surface area contributed by atoms with E-state index in [-0.39, 0.29) is 5.56 Å². The van der Waals surface area contributed by atoms with Crippen molar-refractivity contribution in [2.24, 2.45) is 0 Å². The van der Waals surface area contributed by atoms with Crippen LogP contribution >= 0.6 is 0 Å². The standard InChI is InChI=1S/C15H18FNO3/c1-3-4-5-9-13(15(19)20-2)17-14(18)11-7-6-8-12(16)10-11/h3,6-8,10,13H,1,4-5,9H2,2H3,(H,17,18)/t13-/m0/s1. The van der Waals surface area contributed by atoms with Crippen LogP contribution in [0, 0.1) is 5.82 Å². The number of rotatable bonds is 7. The number of halogens is 1. The fraction of sp³-hybridized carbons (Fsp3) is 0.333. The number of amides is 1. The number of methoxy groups -OCH3 is 1. The van der Waals surface area contributed by atoms with Gasteiger partial charge < -0.3 is 10.1 Å². The number of hydrogen-bond acceptors (Lipinski definition) is 3. The number of allylic oxidation sites excluding steroid dienone is 1. The van der Waals surface area contributed by atoms with E-state index in [1.165, 1.54) is 25.3 Å². The molecule has 1 aromatic carbocycles. The van der Waals surface area contributed by atoms with Gasteiger partial charge in [-0.15, -0.1) is 6.58 Å². The number of ether oxygens (including phenoxy) is 1. The molecule has 1 N–H and O–H groups in total. The molecule has 0 aliphatic rings. The lowest BCUT2D eigenvalue weighted by Gasteiger charge is -2.16. The zero-order valence-electron chi connectivity index (χ0n) is 11.4. The van der Waals surface area contributed by atoms with Crippen molar-refractivity contribution in [2.75, 3.05) is 7.11 Å². The normalized spacial score (nSPS) is 11.5. The van der Waals surface area contributed by atoms with Crippen molar-refractivity contribution in [1.82, 2.24) is 5.32 Å². The van der Waals surface area contributed by atoms with Gasteiger partial charge in [0.05, 0.1) is 7.11 Å². The van der Waals surface area contributed by atoms with Gasteiger partial charge in [-0.3, -0.25) is 4.79 Å². The van der Waals surface area contributed by atoms with Crippen LogP contribution in [-0.2, 0) is 9.53 Å². The first-order chi connectivity index (χ1) is 9.58. The highest BCUT2D eigenvalue weighted by Crippen LogP contribution is 2.07. The largest absolute Gasteiger partial charge is 0.467 e. The number of carbonyl (C=O) groups is 2.